The van der Waals surface area contributed by atoms with Gasteiger partial charge in [0.05, 0.1) is 11.5 Å². The van der Waals surface area contributed by atoms with Crippen LogP contribution in [0.4, 0.5) is 17.2 Å². The van der Waals surface area contributed by atoms with Crippen LogP contribution >= 0.6 is 0 Å². The van der Waals surface area contributed by atoms with Crippen LogP contribution in [0.3, 0.4) is 0 Å². The van der Waals surface area contributed by atoms with Crippen molar-refractivity contribution in [1.29, 1.82) is 0 Å². The molecule has 1 aromatic carbocycles. The van der Waals surface area contributed by atoms with E-state index in [9.17, 15) is 14.9 Å². The predicted molar refractivity (Wildman–Crippen MR) is 76.2 cm³/mol. The molecule has 1 amide bonds. The molecular formula is C13H14N4O4. The van der Waals surface area contributed by atoms with Crippen LogP contribution in [0.15, 0.2) is 28.8 Å². The Morgan fingerprint density at radius 2 is 2.19 bits per heavy atom. The molecule has 110 valence electrons. The van der Waals surface area contributed by atoms with Crippen LogP contribution < -0.4 is 10.6 Å². The lowest BCUT2D eigenvalue weighted by Crippen LogP contribution is -2.22. The summed E-state index contributed by atoms with van der Waals surface area (Å²) in [6, 6.07) is 6.25. The van der Waals surface area contributed by atoms with Gasteiger partial charge in [-0.25, -0.2) is 0 Å². The van der Waals surface area contributed by atoms with Gasteiger partial charge in [-0.2, -0.15) is 0 Å². The molecule has 0 radical (unpaired) electrons. The maximum Gasteiger partial charge on any atom is 0.274 e. The number of anilines is 2. The molecule has 1 aromatic heterocycles. The maximum absolute atomic E-state index is 11.7. The molecule has 2 rings (SSSR count). The molecule has 2 aromatic rings. The number of benzene rings is 1. The molecule has 8 nitrogen and oxygen atoms in total. The monoisotopic (exact) mass is 290 g/mol. The molecule has 0 aliphatic heterocycles. The summed E-state index contributed by atoms with van der Waals surface area (Å²) >= 11 is 0. The van der Waals surface area contributed by atoms with Gasteiger partial charge in [0.1, 0.15) is 5.76 Å². The Hall–Kier alpha value is -2.90. The molecule has 0 atom stereocenters. The lowest BCUT2D eigenvalue weighted by molar-refractivity contribution is -0.385. The number of amides is 1. The van der Waals surface area contributed by atoms with Crippen molar-refractivity contribution in [2.24, 2.45) is 0 Å². The molecular weight excluding hydrogens is 276 g/mol. The molecule has 0 spiro atoms. The summed E-state index contributed by atoms with van der Waals surface area (Å²) in [5.74, 6) is 0.594. The molecule has 2 N–H and O–H groups in total. The Balaban J connectivity index is 1.98. The van der Waals surface area contributed by atoms with Crippen molar-refractivity contribution in [3.63, 3.8) is 0 Å². The summed E-state index contributed by atoms with van der Waals surface area (Å²) in [5, 5.41) is 19.9. The van der Waals surface area contributed by atoms with Gasteiger partial charge in [0.15, 0.2) is 5.82 Å². The fourth-order valence-electron chi connectivity index (χ4n) is 1.80. The molecule has 0 aliphatic carbocycles. The number of nitrogens with zero attached hydrogens (tertiary/aromatic N) is 2. The SMILES string of the molecule is Cc1cc(NC(=O)CNc2cccc([N+](=O)[O-])c2C)no1. The first-order chi connectivity index (χ1) is 9.97. The van der Waals surface area contributed by atoms with Crippen molar-refractivity contribution < 1.29 is 14.2 Å². The van der Waals surface area contributed by atoms with Crippen molar-refractivity contribution in [2.45, 2.75) is 13.8 Å². The van der Waals surface area contributed by atoms with Crippen molar-refractivity contribution in [1.82, 2.24) is 5.16 Å². The first-order valence-corrected chi connectivity index (χ1v) is 6.18. The first-order valence-electron chi connectivity index (χ1n) is 6.18. The lowest BCUT2D eigenvalue weighted by atomic mass is 10.1. The quantitative estimate of drug-likeness (QED) is 0.645. The van der Waals surface area contributed by atoms with E-state index in [-0.39, 0.29) is 18.1 Å². The molecule has 0 saturated carbocycles. The normalized spacial score (nSPS) is 10.2. The average Bonchev–Trinajstić information content (AvgIpc) is 2.82. The van der Waals surface area contributed by atoms with Gasteiger partial charge in [-0.1, -0.05) is 11.2 Å². The van der Waals surface area contributed by atoms with Crippen LogP contribution in [0.1, 0.15) is 11.3 Å². The molecule has 0 unspecified atom stereocenters. The number of aromatic nitrogens is 1. The Labute approximate surface area is 120 Å². The zero-order valence-electron chi connectivity index (χ0n) is 11.5. The fraction of sp³-hybridized carbons (Fsp3) is 0.231. The van der Waals surface area contributed by atoms with E-state index in [4.69, 9.17) is 4.52 Å². The highest BCUT2D eigenvalue weighted by molar-refractivity contribution is 5.93. The Morgan fingerprint density at radius 1 is 1.43 bits per heavy atom. The van der Waals surface area contributed by atoms with Crippen LogP contribution in [0.25, 0.3) is 0 Å². The van der Waals surface area contributed by atoms with Gasteiger partial charge in [0, 0.05) is 23.4 Å². The van der Waals surface area contributed by atoms with E-state index in [1.165, 1.54) is 6.07 Å². The predicted octanol–water partition coefficient (Wildman–Crippen LogP) is 2.25. The van der Waals surface area contributed by atoms with E-state index in [1.54, 1.807) is 32.0 Å². The third-order valence-corrected chi connectivity index (χ3v) is 2.84. The van der Waals surface area contributed by atoms with E-state index in [1.807, 2.05) is 0 Å². The fourth-order valence-corrected chi connectivity index (χ4v) is 1.80. The standard InChI is InChI=1S/C13H14N4O4/c1-8-6-12(16-21-8)15-13(18)7-14-10-4-3-5-11(9(10)2)17(19)20/h3-6,14H,7H2,1-2H3,(H,15,16,18). The third kappa shape index (κ3) is 3.56. The highest BCUT2D eigenvalue weighted by Crippen LogP contribution is 2.24. The van der Waals surface area contributed by atoms with Gasteiger partial charge in [-0.05, 0) is 19.9 Å². The van der Waals surface area contributed by atoms with Crippen molar-refractivity contribution in [3.8, 4) is 0 Å². The van der Waals surface area contributed by atoms with Crippen LogP contribution in [-0.4, -0.2) is 22.5 Å². The number of hydrogen-bond donors (Lipinski definition) is 2. The zero-order valence-corrected chi connectivity index (χ0v) is 11.5. The summed E-state index contributed by atoms with van der Waals surface area (Å²) < 4.78 is 4.83. The first kappa shape index (κ1) is 14.5. The zero-order chi connectivity index (χ0) is 15.4. The number of rotatable bonds is 5. The van der Waals surface area contributed by atoms with E-state index in [0.29, 0.717) is 22.8 Å². The second-order valence-electron chi connectivity index (χ2n) is 4.43. The summed E-state index contributed by atoms with van der Waals surface area (Å²) in [6.07, 6.45) is 0. The minimum atomic E-state index is -0.460. The number of hydrogen-bond acceptors (Lipinski definition) is 6. The van der Waals surface area contributed by atoms with Crippen LogP contribution in [0, 0.1) is 24.0 Å². The number of nitro groups is 1. The number of nitro benzene ring substituents is 1. The number of aryl methyl sites for hydroxylation is 1. The minimum absolute atomic E-state index is 0.00698. The van der Waals surface area contributed by atoms with Gasteiger partial charge in [-0.15, -0.1) is 0 Å². The van der Waals surface area contributed by atoms with E-state index in [0.717, 1.165) is 0 Å². The number of carbonyl (C=O) groups is 1. The largest absolute Gasteiger partial charge is 0.376 e. The second-order valence-corrected chi connectivity index (χ2v) is 4.43. The molecule has 0 fully saturated rings. The molecule has 1 heterocycles. The van der Waals surface area contributed by atoms with Crippen LogP contribution in [-0.2, 0) is 4.79 Å². The molecule has 0 saturated heterocycles. The second kappa shape index (κ2) is 6.04. The van der Waals surface area contributed by atoms with Crippen molar-refractivity contribution >= 4 is 23.1 Å². The number of nitrogens with one attached hydrogen (secondary N) is 2. The molecule has 8 heteroatoms. The van der Waals surface area contributed by atoms with Gasteiger partial charge < -0.3 is 15.2 Å². The van der Waals surface area contributed by atoms with Gasteiger partial charge >= 0.3 is 0 Å². The topological polar surface area (TPSA) is 110 Å². The Kier molecular flexibility index (Phi) is 4.17. The van der Waals surface area contributed by atoms with Gasteiger partial charge in [0.2, 0.25) is 5.91 Å². The highest BCUT2D eigenvalue weighted by atomic mass is 16.6. The van der Waals surface area contributed by atoms with Gasteiger partial charge in [0.25, 0.3) is 5.69 Å². The van der Waals surface area contributed by atoms with Crippen molar-refractivity contribution in [3.05, 3.63) is 45.7 Å². The summed E-state index contributed by atoms with van der Waals surface area (Å²) in [5.41, 5.74) is 1.02. The summed E-state index contributed by atoms with van der Waals surface area (Å²) in [7, 11) is 0. The smallest absolute Gasteiger partial charge is 0.274 e. The summed E-state index contributed by atoms with van der Waals surface area (Å²) in [4.78, 5) is 22.1. The van der Waals surface area contributed by atoms with Crippen LogP contribution in [0.5, 0.6) is 0 Å². The minimum Gasteiger partial charge on any atom is -0.376 e. The van der Waals surface area contributed by atoms with E-state index < -0.39 is 4.92 Å². The highest BCUT2D eigenvalue weighted by Gasteiger charge is 2.14. The van der Waals surface area contributed by atoms with Crippen LogP contribution in [0.2, 0.25) is 0 Å². The molecule has 0 bridgehead atoms. The maximum atomic E-state index is 11.7. The Morgan fingerprint density at radius 3 is 2.81 bits per heavy atom. The third-order valence-electron chi connectivity index (χ3n) is 2.84. The summed E-state index contributed by atoms with van der Waals surface area (Å²) in [6.45, 7) is 3.31. The Bertz CT molecular complexity index is 681. The molecule has 21 heavy (non-hydrogen) atoms. The van der Waals surface area contributed by atoms with Gasteiger partial charge in [-0.3, -0.25) is 14.9 Å². The average molecular weight is 290 g/mol. The van der Waals surface area contributed by atoms with Crippen molar-refractivity contribution in [2.75, 3.05) is 17.2 Å². The van der Waals surface area contributed by atoms with E-state index >= 15 is 0 Å². The lowest BCUT2D eigenvalue weighted by Gasteiger charge is -2.09. The number of carbonyl (C=O) groups excluding carboxylic acids is 1. The van der Waals surface area contributed by atoms with E-state index in [2.05, 4.69) is 15.8 Å². The molecule has 0 aliphatic rings.